The third-order valence-electron chi connectivity index (χ3n) is 0.752. The average molecular weight is 109 g/mol. The van der Waals surface area contributed by atoms with E-state index < -0.39 is 0 Å². The second kappa shape index (κ2) is 4.71. The van der Waals surface area contributed by atoms with Crippen molar-refractivity contribution in [1.29, 1.82) is 0 Å². The Labute approximate surface area is 52.3 Å². The van der Waals surface area contributed by atoms with Crippen LogP contribution in [0.5, 0.6) is 0 Å². The van der Waals surface area contributed by atoms with Gasteiger partial charge >= 0.3 is 0 Å². The summed E-state index contributed by atoms with van der Waals surface area (Å²) in [5.74, 6) is 6.49. The van der Waals surface area contributed by atoms with E-state index in [-0.39, 0.29) is 0 Å². The molecule has 1 radical (unpaired) electrons. The molecular weight excluding hydrogens is 96.1 g/mol. The maximum absolute atomic E-state index is 3.81. The van der Waals surface area contributed by atoms with Crippen molar-refractivity contribution in [2.45, 2.75) is 26.7 Å². The van der Waals surface area contributed by atoms with Crippen LogP contribution in [0, 0.1) is 24.7 Å². The highest BCUT2D eigenvalue weighted by atomic mass is 13.9. The Bertz CT molecular complexity index is 90.3. The van der Waals surface area contributed by atoms with Crippen molar-refractivity contribution in [3.05, 3.63) is 6.92 Å². The van der Waals surface area contributed by atoms with Crippen molar-refractivity contribution in [1.82, 2.24) is 0 Å². The standard InChI is InChI=1S/C8H13/c1-4-5-6-7-8(2)3/h8H,2,4,7H2,1,3H3. The van der Waals surface area contributed by atoms with E-state index in [9.17, 15) is 0 Å². The minimum atomic E-state index is 0.481. The van der Waals surface area contributed by atoms with Gasteiger partial charge in [0.1, 0.15) is 0 Å². The van der Waals surface area contributed by atoms with Crippen LogP contribution in [0.2, 0.25) is 0 Å². The summed E-state index contributed by atoms with van der Waals surface area (Å²) in [7, 11) is 0. The lowest BCUT2D eigenvalue weighted by Gasteiger charge is -1.91. The lowest BCUT2D eigenvalue weighted by Crippen LogP contribution is -1.81. The summed E-state index contributed by atoms with van der Waals surface area (Å²) in [4.78, 5) is 0. The molecule has 0 aromatic heterocycles. The minimum Gasteiger partial charge on any atom is -0.104 e. The summed E-state index contributed by atoms with van der Waals surface area (Å²) < 4.78 is 0. The highest BCUT2D eigenvalue weighted by Gasteiger charge is 1.84. The van der Waals surface area contributed by atoms with Crippen molar-refractivity contribution >= 4 is 0 Å². The molecule has 0 spiro atoms. The molecule has 0 heteroatoms. The van der Waals surface area contributed by atoms with Crippen LogP contribution in [0.3, 0.4) is 0 Å². The molecular formula is C8H13. The summed E-state index contributed by atoms with van der Waals surface area (Å²) in [6.07, 6.45) is 1.90. The number of hydrogen-bond donors (Lipinski definition) is 0. The van der Waals surface area contributed by atoms with E-state index in [1.807, 2.05) is 0 Å². The lowest BCUT2D eigenvalue weighted by atomic mass is 10.1. The Kier molecular flexibility index (Phi) is 4.45. The molecule has 0 amide bonds. The smallest absolute Gasteiger partial charge is 0.0114 e. The zero-order valence-electron chi connectivity index (χ0n) is 5.70. The third-order valence-corrected chi connectivity index (χ3v) is 0.752. The highest BCUT2D eigenvalue weighted by molar-refractivity contribution is 4.98. The van der Waals surface area contributed by atoms with Crippen molar-refractivity contribution in [3.8, 4) is 11.8 Å². The fraction of sp³-hybridized carbons (Fsp3) is 0.625. The summed E-state index contributed by atoms with van der Waals surface area (Å²) in [5, 5.41) is 0. The maximum Gasteiger partial charge on any atom is 0.0114 e. The summed E-state index contributed by atoms with van der Waals surface area (Å²) in [6.45, 7) is 7.94. The van der Waals surface area contributed by atoms with Gasteiger partial charge in [0, 0.05) is 12.8 Å². The molecule has 0 aliphatic rings. The molecule has 0 aliphatic heterocycles. The molecule has 0 heterocycles. The predicted molar refractivity (Wildman–Crippen MR) is 37.2 cm³/mol. The second-order valence-electron chi connectivity index (χ2n) is 2.02. The molecule has 0 rings (SSSR count). The van der Waals surface area contributed by atoms with Crippen molar-refractivity contribution in [3.63, 3.8) is 0 Å². The lowest BCUT2D eigenvalue weighted by molar-refractivity contribution is 0.754. The molecule has 0 aromatic carbocycles. The van der Waals surface area contributed by atoms with E-state index in [1.165, 1.54) is 0 Å². The van der Waals surface area contributed by atoms with Crippen molar-refractivity contribution < 1.29 is 0 Å². The van der Waals surface area contributed by atoms with Gasteiger partial charge in [-0.25, -0.2) is 0 Å². The fourth-order valence-corrected chi connectivity index (χ4v) is 0.371. The van der Waals surface area contributed by atoms with Crippen LogP contribution in [-0.2, 0) is 0 Å². The van der Waals surface area contributed by atoms with Gasteiger partial charge in [0.05, 0.1) is 0 Å². The van der Waals surface area contributed by atoms with Crippen LogP contribution in [0.4, 0.5) is 0 Å². The van der Waals surface area contributed by atoms with Gasteiger partial charge in [-0.05, 0) is 12.8 Å². The molecule has 0 aromatic rings. The average Bonchev–Trinajstić information content (AvgIpc) is 1.66. The first-order valence-corrected chi connectivity index (χ1v) is 3.06. The Hall–Kier alpha value is -0.440. The Morgan fingerprint density at radius 1 is 1.50 bits per heavy atom. The zero-order valence-corrected chi connectivity index (χ0v) is 5.70. The SMILES string of the molecule is [CH2]C(C)CC#CCC. The van der Waals surface area contributed by atoms with Crippen LogP contribution in [-0.4, -0.2) is 0 Å². The molecule has 8 heavy (non-hydrogen) atoms. The third kappa shape index (κ3) is 5.56. The van der Waals surface area contributed by atoms with Crippen LogP contribution in [0.25, 0.3) is 0 Å². The normalized spacial score (nSPS) is 8.50. The van der Waals surface area contributed by atoms with Gasteiger partial charge < -0.3 is 0 Å². The van der Waals surface area contributed by atoms with Gasteiger partial charge in [0.2, 0.25) is 0 Å². The Morgan fingerprint density at radius 3 is 2.50 bits per heavy atom. The van der Waals surface area contributed by atoms with E-state index in [2.05, 4.69) is 32.6 Å². The number of hydrogen-bond acceptors (Lipinski definition) is 0. The summed E-state index contributed by atoms with van der Waals surface area (Å²) in [6, 6.07) is 0. The molecule has 1 unspecified atom stereocenters. The molecule has 0 bridgehead atoms. The number of rotatable bonds is 1. The second-order valence-corrected chi connectivity index (χ2v) is 2.02. The molecule has 0 nitrogen and oxygen atoms in total. The van der Waals surface area contributed by atoms with Crippen LogP contribution in [0.15, 0.2) is 0 Å². The van der Waals surface area contributed by atoms with E-state index in [0.717, 1.165) is 12.8 Å². The molecule has 0 fully saturated rings. The van der Waals surface area contributed by atoms with Crippen molar-refractivity contribution in [2.75, 3.05) is 0 Å². The molecule has 0 aliphatic carbocycles. The fourth-order valence-electron chi connectivity index (χ4n) is 0.371. The van der Waals surface area contributed by atoms with Gasteiger partial charge in [0.25, 0.3) is 0 Å². The van der Waals surface area contributed by atoms with Gasteiger partial charge in [-0.1, -0.05) is 13.8 Å². The van der Waals surface area contributed by atoms with Gasteiger partial charge in [-0.2, -0.15) is 0 Å². The minimum absolute atomic E-state index is 0.481. The zero-order chi connectivity index (χ0) is 6.41. The van der Waals surface area contributed by atoms with E-state index in [1.54, 1.807) is 0 Å². The Balaban J connectivity index is 3.15. The first kappa shape index (κ1) is 7.56. The molecule has 0 N–H and O–H groups in total. The van der Waals surface area contributed by atoms with E-state index in [0.29, 0.717) is 5.92 Å². The predicted octanol–water partition coefficient (Wildman–Crippen LogP) is 2.26. The quantitative estimate of drug-likeness (QED) is 0.453. The molecule has 45 valence electrons. The molecule has 0 saturated carbocycles. The first-order valence-electron chi connectivity index (χ1n) is 3.06. The highest BCUT2D eigenvalue weighted by Crippen LogP contribution is 1.94. The van der Waals surface area contributed by atoms with Gasteiger partial charge in [-0.15, -0.1) is 11.8 Å². The monoisotopic (exact) mass is 109 g/mol. The van der Waals surface area contributed by atoms with Gasteiger partial charge in [0.15, 0.2) is 0 Å². The first-order chi connectivity index (χ1) is 3.77. The maximum atomic E-state index is 3.81. The summed E-state index contributed by atoms with van der Waals surface area (Å²) >= 11 is 0. The van der Waals surface area contributed by atoms with Crippen molar-refractivity contribution in [2.24, 2.45) is 5.92 Å². The van der Waals surface area contributed by atoms with Crippen LogP contribution in [0.1, 0.15) is 26.7 Å². The van der Waals surface area contributed by atoms with E-state index in [4.69, 9.17) is 0 Å². The van der Waals surface area contributed by atoms with Crippen LogP contribution < -0.4 is 0 Å². The van der Waals surface area contributed by atoms with Gasteiger partial charge in [-0.3, -0.25) is 0 Å². The van der Waals surface area contributed by atoms with E-state index >= 15 is 0 Å². The van der Waals surface area contributed by atoms with Crippen LogP contribution >= 0.6 is 0 Å². The Morgan fingerprint density at radius 2 is 2.12 bits per heavy atom. The molecule has 0 saturated heterocycles. The molecule has 1 atom stereocenters. The largest absolute Gasteiger partial charge is 0.104 e. The summed E-state index contributed by atoms with van der Waals surface area (Å²) in [5.41, 5.74) is 0. The topological polar surface area (TPSA) is 0 Å².